The lowest BCUT2D eigenvalue weighted by molar-refractivity contribution is -0.122. The van der Waals surface area contributed by atoms with E-state index in [1.807, 2.05) is 37.3 Å². The van der Waals surface area contributed by atoms with Crippen molar-refractivity contribution in [2.24, 2.45) is 0 Å². The molecular weight excluding hydrogens is 460 g/mol. The van der Waals surface area contributed by atoms with Crippen LogP contribution < -0.4 is 22.1 Å². The van der Waals surface area contributed by atoms with Gasteiger partial charge in [-0.3, -0.25) is 29.8 Å². The van der Waals surface area contributed by atoms with Gasteiger partial charge in [0.25, 0.3) is 17.4 Å². The van der Waals surface area contributed by atoms with Gasteiger partial charge in [0.15, 0.2) is 11.2 Å². The summed E-state index contributed by atoms with van der Waals surface area (Å²) in [7, 11) is 0. The number of fused-ring (bicyclic) bond motifs is 1. The number of nitrogens with one attached hydrogen (secondary N) is 2. The number of hydrazine groups is 1. The Balaban J connectivity index is 1.64. The Hall–Kier alpha value is -4.18. The highest BCUT2D eigenvalue weighted by molar-refractivity contribution is 6.33. The molecule has 0 atom stereocenters. The minimum absolute atomic E-state index is 0.167. The van der Waals surface area contributed by atoms with E-state index >= 15 is 0 Å². The number of nitrogens with zero attached hydrogens (tertiary/aromatic N) is 4. The maximum atomic E-state index is 13.2. The number of carbonyl (C=O) groups excluding carboxylic acids is 2. The first kappa shape index (κ1) is 23.0. The van der Waals surface area contributed by atoms with Crippen molar-refractivity contribution in [3.8, 4) is 0 Å². The van der Waals surface area contributed by atoms with Crippen LogP contribution in [-0.2, 0) is 24.4 Å². The zero-order valence-electron chi connectivity index (χ0n) is 18.2. The fourth-order valence-electron chi connectivity index (χ4n) is 3.55. The molecule has 4 rings (SSSR count). The molecule has 0 aliphatic heterocycles. The molecule has 34 heavy (non-hydrogen) atoms. The molecule has 2 N–H and O–H groups in total. The Morgan fingerprint density at radius 1 is 0.971 bits per heavy atom. The molecule has 0 bridgehead atoms. The van der Waals surface area contributed by atoms with Gasteiger partial charge < -0.3 is 4.57 Å². The van der Waals surface area contributed by atoms with Crippen LogP contribution in [0, 0.1) is 0 Å². The molecule has 2 aromatic heterocycles. The molecule has 2 heterocycles. The van der Waals surface area contributed by atoms with Crippen LogP contribution in [0.25, 0.3) is 11.2 Å². The topological polar surface area (TPSA) is 120 Å². The molecule has 0 spiro atoms. The van der Waals surface area contributed by atoms with Crippen LogP contribution >= 0.6 is 11.6 Å². The number of aromatic nitrogens is 4. The Kier molecular flexibility index (Phi) is 6.60. The van der Waals surface area contributed by atoms with Crippen LogP contribution in [0.2, 0.25) is 5.02 Å². The van der Waals surface area contributed by atoms with Crippen LogP contribution in [-0.4, -0.2) is 30.5 Å². The van der Waals surface area contributed by atoms with E-state index in [2.05, 4.69) is 15.8 Å². The number of imidazole rings is 1. The lowest BCUT2D eigenvalue weighted by Gasteiger charge is -2.13. The van der Waals surface area contributed by atoms with Crippen molar-refractivity contribution in [1.82, 2.24) is 29.5 Å². The van der Waals surface area contributed by atoms with E-state index in [1.54, 1.807) is 22.8 Å². The monoisotopic (exact) mass is 480 g/mol. The molecule has 2 aromatic carbocycles. The van der Waals surface area contributed by atoms with E-state index in [1.165, 1.54) is 17.0 Å². The summed E-state index contributed by atoms with van der Waals surface area (Å²) in [5, 5.41) is 0.215. The summed E-state index contributed by atoms with van der Waals surface area (Å²) in [6.07, 6.45) is 1.49. The molecule has 11 heteroatoms. The first-order valence-electron chi connectivity index (χ1n) is 10.5. The maximum Gasteiger partial charge on any atom is 0.333 e. The molecule has 0 aliphatic rings. The van der Waals surface area contributed by atoms with Crippen LogP contribution in [0.3, 0.4) is 0 Å². The fourth-order valence-corrected chi connectivity index (χ4v) is 3.77. The highest BCUT2D eigenvalue weighted by Crippen LogP contribution is 2.14. The Bertz CT molecular complexity index is 1490. The van der Waals surface area contributed by atoms with Crippen molar-refractivity contribution < 1.29 is 9.59 Å². The summed E-state index contributed by atoms with van der Waals surface area (Å²) in [5.41, 5.74) is 4.59. The summed E-state index contributed by atoms with van der Waals surface area (Å²) in [6.45, 7) is 1.87. The van der Waals surface area contributed by atoms with Gasteiger partial charge in [-0.05, 0) is 24.6 Å². The molecule has 174 valence electrons. The number of rotatable bonds is 6. The smallest absolute Gasteiger partial charge is 0.325 e. The van der Waals surface area contributed by atoms with Crippen LogP contribution in [0.5, 0.6) is 0 Å². The highest BCUT2D eigenvalue weighted by atomic mass is 35.5. The molecule has 0 saturated carbocycles. The highest BCUT2D eigenvalue weighted by Gasteiger charge is 2.20. The lowest BCUT2D eigenvalue weighted by Crippen LogP contribution is -2.48. The molecule has 0 aliphatic carbocycles. The number of carbonyl (C=O) groups is 2. The van der Waals surface area contributed by atoms with Crippen LogP contribution in [0.1, 0.15) is 22.8 Å². The molecule has 0 radical (unpaired) electrons. The predicted molar refractivity (Wildman–Crippen MR) is 127 cm³/mol. The van der Waals surface area contributed by atoms with Crippen molar-refractivity contribution in [3.05, 3.63) is 97.9 Å². The first-order chi connectivity index (χ1) is 16.4. The van der Waals surface area contributed by atoms with Crippen molar-refractivity contribution >= 4 is 34.6 Å². The fraction of sp³-hybridized carbons (Fsp3) is 0.174. The molecule has 0 unspecified atom stereocenters. The van der Waals surface area contributed by atoms with Gasteiger partial charge in [0, 0.05) is 6.54 Å². The van der Waals surface area contributed by atoms with Gasteiger partial charge >= 0.3 is 5.69 Å². The van der Waals surface area contributed by atoms with Gasteiger partial charge in [-0.2, -0.15) is 0 Å². The standard InChI is InChI=1S/C23H21ClN6O4/c1-2-28-14-25-20-19(28)22(33)30(23(34)29(20)12-15-8-4-3-5-9-15)13-18(31)26-27-21(32)16-10-6-7-11-17(16)24/h3-11,14H,2,12-13H2,1H3,(H,26,31)(H,27,32). The van der Waals surface area contributed by atoms with E-state index in [4.69, 9.17) is 11.6 Å². The number of amides is 2. The van der Waals surface area contributed by atoms with Gasteiger partial charge in [0.05, 0.1) is 23.5 Å². The molecule has 10 nitrogen and oxygen atoms in total. The summed E-state index contributed by atoms with van der Waals surface area (Å²) in [6, 6.07) is 15.6. The SMILES string of the molecule is CCn1cnc2c1c(=O)n(CC(=O)NNC(=O)c1ccccc1Cl)c(=O)n2Cc1ccccc1. The predicted octanol–water partition coefficient (Wildman–Crippen LogP) is 1.54. The summed E-state index contributed by atoms with van der Waals surface area (Å²) in [4.78, 5) is 55.5. The van der Waals surface area contributed by atoms with Gasteiger partial charge in [-0.15, -0.1) is 0 Å². The van der Waals surface area contributed by atoms with Crippen molar-refractivity contribution in [2.75, 3.05) is 0 Å². The van der Waals surface area contributed by atoms with E-state index in [9.17, 15) is 19.2 Å². The third-order valence-electron chi connectivity index (χ3n) is 5.24. The lowest BCUT2D eigenvalue weighted by atomic mass is 10.2. The average molecular weight is 481 g/mol. The molecule has 2 amide bonds. The van der Waals surface area contributed by atoms with Crippen molar-refractivity contribution in [1.29, 1.82) is 0 Å². The molecular formula is C23H21ClN6O4. The van der Waals surface area contributed by atoms with E-state index in [-0.39, 0.29) is 28.3 Å². The van der Waals surface area contributed by atoms with Gasteiger partial charge in [-0.1, -0.05) is 54.1 Å². The van der Waals surface area contributed by atoms with Crippen LogP contribution in [0.4, 0.5) is 0 Å². The average Bonchev–Trinajstić information content (AvgIpc) is 3.28. The molecule has 4 aromatic rings. The van der Waals surface area contributed by atoms with E-state index in [0.717, 1.165) is 10.1 Å². The number of halogens is 1. The molecule has 0 fully saturated rings. The number of hydrogen-bond acceptors (Lipinski definition) is 5. The minimum atomic E-state index is -0.757. The van der Waals surface area contributed by atoms with Gasteiger partial charge in [-0.25, -0.2) is 14.3 Å². The zero-order chi connectivity index (χ0) is 24.2. The number of benzene rings is 2. The second kappa shape index (κ2) is 9.75. The Morgan fingerprint density at radius 2 is 1.68 bits per heavy atom. The third kappa shape index (κ3) is 4.48. The maximum absolute atomic E-state index is 13.2. The normalized spacial score (nSPS) is 10.9. The Morgan fingerprint density at radius 3 is 2.38 bits per heavy atom. The van der Waals surface area contributed by atoms with Crippen LogP contribution in [0.15, 0.2) is 70.5 Å². The van der Waals surface area contributed by atoms with Crippen molar-refractivity contribution in [3.63, 3.8) is 0 Å². The summed E-state index contributed by atoms with van der Waals surface area (Å²) < 4.78 is 3.80. The summed E-state index contributed by atoms with van der Waals surface area (Å²) in [5.74, 6) is -1.39. The zero-order valence-corrected chi connectivity index (χ0v) is 19.0. The summed E-state index contributed by atoms with van der Waals surface area (Å²) >= 11 is 5.99. The van der Waals surface area contributed by atoms with E-state index in [0.29, 0.717) is 6.54 Å². The number of hydrogen-bond donors (Lipinski definition) is 2. The molecule has 0 saturated heterocycles. The quantitative estimate of drug-likeness (QED) is 0.406. The second-order valence-electron chi connectivity index (χ2n) is 7.43. The number of aryl methyl sites for hydroxylation is 1. The van der Waals surface area contributed by atoms with Crippen molar-refractivity contribution in [2.45, 2.75) is 26.6 Å². The minimum Gasteiger partial charge on any atom is -0.325 e. The largest absolute Gasteiger partial charge is 0.333 e. The third-order valence-corrected chi connectivity index (χ3v) is 5.57. The van der Waals surface area contributed by atoms with E-state index < -0.39 is 29.6 Å². The van der Waals surface area contributed by atoms with Gasteiger partial charge in [0.2, 0.25) is 0 Å². The van der Waals surface area contributed by atoms with Gasteiger partial charge in [0.1, 0.15) is 6.54 Å². The first-order valence-corrected chi connectivity index (χ1v) is 10.8. The second-order valence-corrected chi connectivity index (χ2v) is 7.84. The Labute approximate surface area is 198 Å².